The molecule has 0 saturated carbocycles. The van der Waals surface area contributed by atoms with E-state index in [1.54, 1.807) is 21.3 Å². The minimum Gasteiger partial charge on any atom is -0.496 e. The van der Waals surface area contributed by atoms with Crippen molar-refractivity contribution >= 4 is 0 Å². The summed E-state index contributed by atoms with van der Waals surface area (Å²) in [6.45, 7) is 2.67. The van der Waals surface area contributed by atoms with E-state index < -0.39 is 6.10 Å². The molecule has 33 heavy (non-hydrogen) atoms. The second kappa shape index (κ2) is 10.6. The van der Waals surface area contributed by atoms with Crippen LogP contribution in [-0.2, 0) is 19.5 Å². The number of aliphatic hydroxyl groups excluding tert-OH is 1. The smallest absolute Gasteiger partial charge is 0.130 e. The van der Waals surface area contributed by atoms with Gasteiger partial charge < -0.3 is 24.1 Å². The number of fused-ring (bicyclic) bond motifs is 1. The van der Waals surface area contributed by atoms with Gasteiger partial charge in [0.1, 0.15) is 29.6 Å². The maximum absolute atomic E-state index is 10.8. The van der Waals surface area contributed by atoms with Gasteiger partial charge in [-0.2, -0.15) is 0 Å². The lowest BCUT2D eigenvalue weighted by atomic mass is 9.99. The Balaban J connectivity index is 1.55. The van der Waals surface area contributed by atoms with E-state index in [1.165, 1.54) is 0 Å². The minimum atomic E-state index is -0.573. The molecule has 0 bridgehead atoms. The van der Waals surface area contributed by atoms with E-state index in [1.807, 2.05) is 54.6 Å². The number of aliphatic hydroxyl groups is 1. The second-order valence-electron chi connectivity index (χ2n) is 8.14. The normalized spacial score (nSPS) is 14.5. The van der Waals surface area contributed by atoms with Gasteiger partial charge in [0.25, 0.3) is 0 Å². The van der Waals surface area contributed by atoms with Crippen LogP contribution in [0.5, 0.6) is 23.0 Å². The monoisotopic (exact) mass is 449 g/mol. The van der Waals surface area contributed by atoms with E-state index in [-0.39, 0.29) is 0 Å². The Morgan fingerprint density at radius 3 is 2.33 bits per heavy atom. The summed E-state index contributed by atoms with van der Waals surface area (Å²) in [4.78, 5) is 2.30. The topological polar surface area (TPSA) is 60.4 Å². The average molecular weight is 450 g/mol. The van der Waals surface area contributed by atoms with Crippen molar-refractivity contribution in [2.75, 3.05) is 34.5 Å². The van der Waals surface area contributed by atoms with Crippen molar-refractivity contribution in [1.29, 1.82) is 0 Å². The zero-order valence-electron chi connectivity index (χ0n) is 19.4. The van der Waals surface area contributed by atoms with Crippen LogP contribution in [0.15, 0.2) is 60.7 Å². The van der Waals surface area contributed by atoms with Crippen LogP contribution in [0, 0.1) is 0 Å². The van der Waals surface area contributed by atoms with Crippen LogP contribution in [0.25, 0.3) is 0 Å². The summed E-state index contributed by atoms with van der Waals surface area (Å²) in [5.41, 5.74) is 4.02. The highest BCUT2D eigenvalue weighted by molar-refractivity contribution is 5.51. The van der Waals surface area contributed by atoms with Gasteiger partial charge in [-0.05, 0) is 23.3 Å². The van der Waals surface area contributed by atoms with Crippen LogP contribution >= 0.6 is 0 Å². The molecule has 0 saturated heterocycles. The van der Waals surface area contributed by atoms with Gasteiger partial charge in [0, 0.05) is 43.8 Å². The molecule has 0 fully saturated rings. The van der Waals surface area contributed by atoms with Gasteiger partial charge in [-0.1, -0.05) is 36.4 Å². The number of rotatable bonds is 8. The Morgan fingerprint density at radius 2 is 1.67 bits per heavy atom. The Kier molecular flexibility index (Phi) is 7.37. The summed E-state index contributed by atoms with van der Waals surface area (Å²) in [5.74, 6) is 3.00. The van der Waals surface area contributed by atoms with E-state index >= 15 is 0 Å². The van der Waals surface area contributed by atoms with Gasteiger partial charge in [0.15, 0.2) is 0 Å². The third-order valence-electron chi connectivity index (χ3n) is 6.00. The molecule has 3 aromatic carbocycles. The van der Waals surface area contributed by atoms with Crippen LogP contribution in [0.2, 0.25) is 0 Å². The standard InChI is InChI=1S/C27H31NO5/c1-30-22-15-26(31-2)23(27(16-22)32-3)18-28-11-12-33-25-10-9-20(14-21(25)17-28)24(29)13-19-7-5-4-6-8-19/h4-10,14-16,24,29H,11-13,17-18H2,1-3H3. The highest BCUT2D eigenvalue weighted by atomic mass is 16.5. The molecule has 0 aromatic heterocycles. The summed E-state index contributed by atoms with van der Waals surface area (Å²) in [6, 6.07) is 19.8. The van der Waals surface area contributed by atoms with Crippen molar-refractivity contribution in [2.24, 2.45) is 0 Å². The molecule has 1 N–H and O–H groups in total. The Labute approximate surface area is 195 Å². The van der Waals surface area contributed by atoms with E-state index in [0.717, 1.165) is 46.0 Å². The molecule has 0 amide bonds. The summed E-state index contributed by atoms with van der Waals surface area (Å²) in [7, 11) is 4.93. The third-order valence-corrected chi connectivity index (χ3v) is 6.00. The lowest BCUT2D eigenvalue weighted by Gasteiger charge is -2.23. The van der Waals surface area contributed by atoms with E-state index in [9.17, 15) is 5.11 Å². The number of hydrogen-bond acceptors (Lipinski definition) is 6. The molecular formula is C27H31NO5. The van der Waals surface area contributed by atoms with Crippen LogP contribution in [-0.4, -0.2) is 44.5 Å². The van der Waals surface area contributed by atoms with Gasteiger partial charge in [0.05, 0.1) is 33.0 Å². The number of nitrogens with zero attached hydrogens (tertiary/aromatic N) is 1. The highest BCUT2D eigenvalue weighted by Gasteiger charge is 2.21. The first kappa shape index (κ1) is 23.0. The van der Waals surface area contributed by atoms with Crippen LogP contribution in [0.3, 0.4) is 0 Å². The minimum absolute atomic E-state index is 0.573. The Bertz CT molecular complexity index is 1040. The van der Waals surface area contributed by atoms with Crippen LogP contribution < -0.4 is 18.9 Å². The van der Waals surface area contributed by atoms with Crippen molar-refractivity contribution in [3.63, 3.8) is 0 Å². The highest BCUT2D eigenvalue weighted by Crippen LogP contribution is 2.36. The third kappa shape index (κ3) is 5.41. The van der Waals surface area contributed by atoms with E-state index in [0.29, 0.717) is 31.9 Å². The van der Waals surface area contributed by atoms with E-state index in [4.69, 9.17) is 18.9 Å². The Hall–Kier alpha value is -3.22. The lowest BCUT2D eigenvalue weighted by Crippen LogP contribution is -2.25. The number of methoxy groups -OCH3 is 3. The first-order valence-corrected chi connectivity index (χ1v) is 11.1. The molecule has 0 radical (unpaired) electrons. The zero-order valence-corrected chi connectivity index (χ0v) is 19.4. The van der Waals surface area contributed by atoms with Crippen molar-refractivity contribution in [1.82, 2.24) is 4.90 Å². The maximum atomic E-state index is 10.8. The predicted molar refractivity (Wildman–Crippen MR) is 127 cm³/mol. The molecular weight excluding hydrogens is 418 g/mol. The van der Waals surface area contributed by atoms with Gasteiger partial charge in [-0.25, -0.2) is 0 Å². The lowest BCUT2D eigenvalue weighted by molar-refractivity contribution is 0.178. The number of ether oxygens (including phenoxy) is 4. The molecule has 6 nitrogen and oxygen atoms in total. The van der Waals surface area contributed by atoms with Crippen molar-refractivity contribution < 1.29 is 24.1 Å². The number of benzene rings is 3. The SMILES string of the molecule is COc1cc(OC)c(CN2CCOc3ccc(C(O)Cc4ccccc4)cc3C2)c(OC)c1. The first-order chi connectivity index (χ1) is 16.1. The fourth-order valence-electron chi connectivity index (χ4n) is 4.22. The largest absolute Gasteiger partial charge is 0.496 e. The van der Waals surface area contributed by atoms with Gasteiger partial charge >= 0.3 is 0 Å². The molecule has 174 valence electrons. The molecule has 1 aliphatic rings. The summed E-state index contributed by atoms with van der Waals surface area (Å²) in [6.07, 6.45) is 0.000871. The molecule has 4 rings (SSSR count). The van der Waals surface area contributed by atoms with Crippen molar-refractivity contribution in [2.45, 2.75) is 25.6 Å². The molecule has 0 aliphatic carbocycles. The predicted octanol–water partition coefficient (Wildman–Crippen LogP) is 4.38. The van der Waals surface area contributed by atoms with Crippen LogP contribution in [0.4, 0.5) is 0 Å². The second-order valence-corrected chi connectivity index (χ2v) is 8.14. The molecule has 1 aliphatic heterocycles. The average Bonchev–Trinajstić information content (AvgIpc) is 3.05. The van der Waals surface area contributed by atoms with Crippen LogP contribution in [0.1, 0.15) is 28.4 Å². The van der Waals surface area contributed by atoms with E-state index in [2.05, 4.69) is 11.0 Å². The van der Waals surface area contributed by atoms with Gasteiger partial charge in [-0.15, -0.1) is 0 Å². The molecule has 0 spiro atoms. The molecule has 3 aromatic rings. The molecule has 1 unspecified atom stereocenters. The van der Waals surface area contributed by atoms with Crippen molar-refractivity contribution in [3.8, 4) is 23.0 Å². The Morgan fingerprint density at radius 1 is 0.939 bits per heavy atom. The fourth-order valence-corrected chi connectivity index (χ4v) is 4.22. The summed E-state index contributed by atoms with van der Waals surface area (Å²) < 4.78 is 22.6. The van der Waals surface area contributed by atoms with Crippen molar-refractivity contribution in [3.05, 3.63) is 82.9 Å². The maximum Gasteiger partial charge on any atom is 0.130 e. The number of hydrogen-bond donors (Lipinski definition) is 1. The zero-order chi connectivity index (χ0) is 23.2. The fraction of sp³-hybridized carbons (Fsp3) is 0.333. The summed E-state index contributed by atoms with van der Waals surface area (Å²) >= 11 is 0. The molecule has 1 atom stereocenters. The first-order valence-electron chi connectivity index (χ1n) is 11.1. The van der Waals surface area contributed by atoms with Gasteiger partial charge in [0.2, 0.25) is 0 Å². The molecule has 6 heteroatoms. The van der Waals surface area contributed by atoms with Gasteiger partial charge in [-0.3, -0.25) is 4.90 Å². The molecule has 1 heterocycles. The quantitative estimate of drug-likeness (QED) is 0.551. The summed E-state index contributed by atoms with van der Waals surface area (Å²) in [5, 5.41) is 10.8.